The Morgan fingerprint density at radius 1 is 1.08 bits per heavy atom. The summed E-state index contributed by atoms with van der Waals surface area (Å²) < 4.78 is 11.7. The van der Waals surface area contributed by atoms with E-state index in [-0.39, 0.29) is 11.0 Å². The molecule has 2 aromatic carbocycles. The van der Waals surface area contributed by atoms with E-state index in [0.717, 1.165) is 43.7 Å². The van der Waals surface area contributed by atoms with Crippen LogP contribution in [0.4, 0.5) is 0 Å². The van der Waals surface area contributed by atoms with Gasteiger partial charge in [-0.25, -0.2) is 0 Å². The Kier molecular flexibility index (Phi) is 5.77. The first-order valence-corrected chi connectivity index (χ1v) is 9.37. The average molecular weight is 351 g/mol. The summed E-state index contributed by atoms with van der Waals surface area (Å²) in [5.74, 6) is 0.970. The van der Waals surface area contributed by atoms with Crippen LogP contribution in [0.5, 0.6) is 5.75 Å². The third kappa shape index (κ3) is 4.34. The molecule has 0 aliphatic carbocycles. The molecule has 3 heteroatoms. The highest BCUT2D eigenvalue weighted by Crippen LogP contribution is 2.47. The van der Waals surface area contributed by atoms with Crippen LogP contribution in [0.1, 0.15) is 44.2 Å². The summed E-state index contributed by atoms with van der Waals surface area (Å²) in [6.07, 6.45) is 4.93. The van der Waals surface area contributed by atoms with Crippen LogP contribution in [0.3, 0.4) is 0 Å². The smallest absolute Gasteiger partial charge is 0.122 e. The first-order valence-electron chi connectivity index (χ1n) is 9.37. The van der Waals surface area contributed by atoms with Crippen molar-refractivity contribution in [2.45, 2.75) is 44.1 Å². The second-order valence-electron chi connectivity index (χ2n) is 7.71. The first-order chi connectivity index (χ1) is 12.5. The maximum Gasteiger partial charge on any atom is 0.122 e. The quantitative estimate of drug-likeness (QED) is 0.683. The fraction of sp³-hybridized carbons (Fsp3) is 0.435. The van der Waals surface area contributed by atoms with Gasteiger partial charge in [-0.3, -0.25) is 4.99 Å². The predicted molar refractivity (Wildman–Crippen MR) is 107 cm³/mol. The van der Waals surface area contributed by atoms with E-state index in [9.17, 15) is 0 Å². The molecule has 0 spiro atoms. The Bertz CT molecular complexity index is 739. The maximum atomic E-state index is 6.01. The second-order valence-corrected chi connectivity index (χ2v) is 7.71. The van der Waals surface area contributed by atoms with Crippen LogP contribution in [0.25, 0.3) is 0 Å². The number of hydrogen-bond acceptors (Lipinski definition) is 3. The van der Waals surface area contributed by atoms with E-state index >= 15 is 0 Å². The van der Waals surface area contributed by atoms with Crippen LogP contribution in [0.15, 0.2) is 59.6 Å². The minimum absolute atomic E-state index is 0.0301. The maximum absolute atomic E-state index is 6.01. The summed E-state index contributed by atoms with van der Waals surface area (Å²) in [6, 6.07) is 18.7. The lowest BCUT2D eigenvalue weighted by Crippen LogP contribution is -2.44. The molecule has 1 aliphatic heterocycles. The van der Waals surface area contributed by atoms with Gasteiger partial charge in [0, 0.05) is 30.3 Å². The SMILES string of the molecule is COc1ccccc1[C@@]1(CCN=Cc2ccccc2)CCOC(C)(C)C1. The van der Waals surface area contributed by atoms with Gasteiger partial charge in [0.2, 0.25) is 0 Å². The molecule has 0 aromatic heterocycles. The normalized spacial score (nSPS) is 22.4. The van der Waals surface area contributed by atoms with Crippen LogP contribution in [0, 0.1) is 0 Å². The molecule has 2 aromatic rings. The van der Waals surface area contributed by atoms with E-state index in [2.05, 4.69) is 44.2 Å². The van der Waals surface area contributed by atoms with Gasteiger partial charge in [0.1, 0.15) is 5.75 Å². The fourth-order valence-electron chi connectivity index (χ4n) is 4.13. The van der Waals surface area contributed by atoms with Crippen molar-refractivity contribution in [3.63, 3.8) is 0 Å². The second kappa shape index (κ2) is 8.05. The van der Waals surface area contributed by atoms with E-state index < -0.39 is 0 Å². The summed E-state index contributed by atoms with van der Waals surface area (Å²) in [5, 5.41) is 0. The highest BCUT2D eigenvalue weighted by atomic mass is 16.5. The van der Waals surface area contributed by atoms with Crippen molar-refractivity contribution < 1.29 is 9.47 Å². The monoisotopic (exact) mass is 351 g/mol. The summed E-state index contributed by atoms with van der Waals surface area (Å²) in [5.41, 5.74) is 2.32. The molecule has 0 unspecified atom stereocenters. The summed E-state index contributed by atoms with van der Waals surface area (Å²) in [4.78, 5) is 4.70. The number of rotatable bonds is 6. The van der Waals surface area contributed by atoms with Gasteiger partial charge in [-0.05, 0) is 44.7 Å². The standard InChI is InChI=1S/C23H29NO2/c1-22(2)18-23(14-16-26-22,20-11-7-8-12-21(20)25-3)13-15-24-17-19-9-5-4-6-10-19/h4-12,17H,13-16,18H2,1-3H3/t23-/m0/s1. The van der Waals surface area contributed by atoms with Crippen molar-refractivity contribution in [3.05, 3.63) is 65.7 Å². The van der Waals surface area contributed by atoms with Gasteiger partial charge in [0.15, 0.2) is 0 Å². The molecular formula is C23H29NO2. The number of para-hydroxylation sites is 1. The molecule has 1 saturated heterocycles. The number of benzene rings is 2. The molecule has 1 fully saturated rings. The molecule has 3 nitrogen and oxygen atoms in total. The van der Waals surface area contributed by atoms with Gasteiger partial charge < -0.3 is 9.47 Å². The van der Waals surface area contributed by atoms with Gasteiger partial charge in [-0.2, -0.15) is 0 Å². The molecule has 1 aliphatic rings. The van der Waals surface area contributed by atoms with E-state index in [1.807, 2.05) is 30.5 Å². The number of ether oxygens (including phenoxy) is 2. The molecule has 1 atom stereocenters. The van der Waals surface area contributed by atoms with Gasteiger partial charge in [0.25, 0.3) is 0 Å². The predicted octanol–water partition coefficient (Wildman–Crippen LogP) is 5.03. The number of methoxy groups -OCH3 is 1. The minimum atomic E-state index is -0.137. The van der Waals surface area contributed by atoms with Crippen LogP contribution in [0.2, 0.25) is 0 Å². The van der Waals surface area contributed by atoms with Crippen molar-refractivity contribution in [3.8, 4) is 5.75 Å². The molecule has 26 heavy (non-hydrogen) atoms. The van der Waals surface area contributed by atoms with Crippen LogP contribution in [-0.4, -0.2) is 32.1 Å². The summed E-state index contributed by atoms with van der Waals surface area (Å²) in [7, 11) is 1.75. The fourth-order valence-corrected chi connectivity index (χ4v) is 4.13. The van der Waals surface area contributed by atoms with E-state index in [4.69, 9.17) is 14.5 Å². The highest BCUT2D eigenvalue weighted by Gasteiger charge is 2.43. The van der Waals surface area contributed by atoms with Crippen LogP contribution >= 0.6 is 0 Å². The van der Waals surface area contributed by atoms with Gasteiger partial charge in [-0.15, -0.1) is 0 Å². The van der Waals surface area contributed by atoms with Crippen molar-refractivity contribution in [2.24, 2.45) is 4.99 Å². The lowest BCUT2D eigenvalue weighted by molar-refractivity contribution is -0.0839. The van der Waals surface area contributed by atoms with Gasteiger partial charge in [0.05, 0.1) is 12.7 Å². The summed E-state index contributed by atoms with van der Waals surface area (Å²) in [6.45, 7) is 5.93. The molecule has 0 radical (unpaired) electrons. The largest absolute Gasteiger partial charge is 0.496 e. The van der Waals surface area contributed by atoms with E-state index in [1.165, 1.54) is 5.56 Å². The third-order valence-corrected chi connectivity index (χ3v) is 5.28. The minimum Gasteiger partial charge on any atom is -0.496 e. The van der Waals surface area contributed by atoms with Crippen molar-refractivity contribution >= 4 is 6.21 Å². The third-order valence-electron chi connectivity index (χ3n) is 5.28. The Hall–Kier alpha value is -2.13. The Morgan fingerprint density at radius 2 is 1.81 bits per heavy atom. The average Bonchev–Trinajstić information content (AvgIpc) is 2.65. The number of nitrogens with zero attached hydrogens (tertiary/aromatic N) is 1. The van der Waals surface area contributed by atoms with Gasteiger partial charge in [-0.1, -0.05) is 48.5 Å². The zero-order valence-electron chi connectivity index (χ0n) is 16.1. The van der Waals surface area contributed by atoms with Crippen LogP contribution < -0.4 is 4.74 Å². The molecule has 0 amide bonds. The molecule has 0 saturated carbocycles. The van der Waals surface area contributed by atoms with Gasteiger partial charge >= 0.3 is 0 Å². The molecule has 1 heterocycles. The lowest BCUT2D eigenvalue weighted by Gasteiger charge is -2.45. The number of aliphatic imine (C=N–C) groups is 1. The van der Waals surface area contributed by atoms with Crippen LogP contribution in [-0.2, 0) is 10.2 Å². The molecule has 0 N–H and O–H groups in total. The molecule has 138 valence electrons. The number of hydrogen-bond donors (Lipinski definition) is 0. The Labute approximate surface area is 157 Å². The Morgan fingerprint density at radius 3 is 2.54 bits per heavy atom. The van der Waals surface area contributed by atoms with Crippen molar-refractivity contribution in [1.82, 2.24) is 0 Å². The zero-order chi connectivity index (χ0) is 18.5. The van der Waals surface area contributed by atoms with E-state index in [0.29, 0.717) is 0 Å². The lowest BCUT2D eigenvalue weighted by atomic mass is 9.67. The molecule has 0 bridgehead atoms. The zero-order valence-corrected chi connectivity index (χ0v) is 16.1. The van der Waals surface area contributed by atoms with Crippen molar-refractivity contribution in [2.75, 3.05) is 20.3 Å². The van der Waals surface area contributed by atoms with Crippen molar-refractivity contribution in [1.29, 1.82) is 0 Å². The first kappa shape index (κ1) is 18.7. The van der Waals surface area contributed by atoms with E-state index in [1.54, 1.807) is 7.11 Å². The highest BCUT2D eigenvalue weighted by molar-refractivity contribution is 5.79. The molecular weight excluding hydrogens is 322 g/mol. The molecule has 3 rings (SSSR count). The topological polar surface area (TPSA) is 30.8 Å². The summed E-state index contributed by atoms with van der Waals surface area (Å²) >= 11 is 0. The Balaban J connectivity index is 1.83.